The standard InChI is InChI=1S/C9H8FNOS/c10-9-5-1-2-13-8(5)3-7(11)6(9)4-12/h1-3,12H,4,11H2. The first-order valence-corrected chi connectivity index (χ1v) is 4.67. The molecule has 0 amide bonds. The van der Waals surface area contributed by atoms with E-state index in [1.807, 2.05) is 0 Å². The van der Waals surface area contributed by atoms with E-state index in [4.69, 9.17) is 10.8 Å². The number of hydrogen-bond acceptors (Lipinski definition) is 3. The highest BCUT2D eigenvalue weighted by Gasteiger charge is 2.10. The summed E-state index contributed by atoms with van der Waals surface area (Å²) in [6, 6.07) is 3.38. The van der Waals surface area contributed by atoms with Crippen LogP contribution in [0.25, 0.3) is 10.1 Å². The van der Waals surface area contributed by atoms with Crippen molar-refractivity contribution in [2.45, 2.75) is 6.61 Å². The maximum atomic E-state index is 13.5. The molecular weight excluding hydrogens is 189 g/mol. The molecule has 68 valence electrons. The third kappa shape index (κ3) is 1.18. The Hall–Kier alpha value is -1.13. The molecule has 1 aromatic heterocycles. The van der Waals surface area contributed by atoms with Gasteiger partial charge in [0.1, 0.15) is 5.82 Å². The van der Waals surface area contributed by atoms with Gasteiger partial charge in [0.05, 0.1) is 6.61 Å². The van der Waals surface area contributed by atoms with Gasteiger partial charge in [0.15, 0.2) is 0 Å². The van der Waals surface area contributed by atoms with Crippen LogP contribution < -0.4 is 5.73 Å². The van der Waals surface area contributed by atoms with E-state index < -0.39 is 5.82 Å². The molecule has 0 aliphatic heterocycles. The lowest BCUT2D eigenvalue weighted by molar-refractivity contribution is 0.277. The largest absolute Gasteiger partial charge is 0.398 e. The predicted octanol–water partition coefficient (Wildman–Crippen LogP) is 2.11. The second-order valence-corrected chi connectivity index (χ2v) is 3.70. The summed E-state index contributed by atoms with van der Waals surface area (Å²) in [5.41, 5.74) is 6.06. The molecule has 0 aliphatic rings. The van der Waals surface area contributed by atoms with Gasteiger partial charge in [0.25, 0.3) is 0 Å². The number of nitrogen functional groups attached to an aromatic ring is 1. The summed E-state index contributed by atoms with van der Waals surface area (Å²) in [4.78, 5) is 0. The van der Waals surface area contributed by atoms with Crippen molar-refractivity contribution < 1.29 is 9.50 Å². The Morgan fingerprint density at radius 3 is 3.00 bits per heavy atom. The molecule has 2 rings (SSSR count). The van der Waals surface area contributed by atoms with Crippen molar-refractivity contribution in [3.05, 3.63) is 28.9 Å². The van der Waals surface area contributed by atoms with E-state index >= 15 is 0 Å². The molecule has 0 atom stereocenters. The van der Waals surface area contributed by atoms with Crippen LogP contribution in [-0.4, -0.2) is 5.11 Å². The van der Waals surface area contributed by atoms with E-state index in [1.165, 1.54) is 11.3 Å². The number of aliphatic hydroxyl groups is 1. The SMILES string of the molecule is Nc1cc2sccc2c(F)c1CO. The normalized spacial score (nSPS) is 10.9. The zero-order valence-corrected chi connectivity index (χ0v) is 7.57. The Labute approximate surface area is 78.4 Å². The molecule has 0 fully saturated rings. The van der Waals surface area contributed by atoms with Crippen LogP contribution in [0.4, 0.5) is 10.1 Å². The van der Waals surface area contributed by atoms with Crippen LogP contribution in [0, 0.1) is 5.82 Å². The first kappa shape index (κ1) is 8.47. The number of nitrogens with two attached hydrogens (primary N) is 1. The number of rotatable bonds is 1. The first-order valence-electron chi connectivity index (χ1n) is 3.79. The summed E-state index contributed by atoms with van der Waals surface area (Å²) >= 11 is 1.43. The molecule has 0 unspecified atom stereocenters. The highest BCUT2D eigenvalue weighted by Crippen LogP contribution is 2.29. The molecule has 0 bridgehead atoms. The van der Waals surface area contributed by atoms with Crippen LogP contribution in [0.3, 0.4) is 0 Å². The lowest BCUT2D eigenvalue weighted by Gasteiger charge is -2.04. The van der Waals surface area contributed by atoms with Gasteiger partial charge >= 0.3 is 0 Å². The van der Waals surface area contributed by atoms with Gasteiger partial charge in [-0.25, -0.2) is 4.39 Å². The van der Waals surface area contributed by atoms with Gasteiger partial charge in [-0.15, -0.1) is 11.3 Å². The van der Waals surface area contributed by atoms with Gasteiger partial charge in [0, 0.05) is 21.3 Å². The minimum atomic E-state index is -0.404. The van der Waals surface area contributed by atoms with Gasteiger partial charge < -0.3 is 10.8 Å². The fraction of sp³-hybridized carbons (Fsp3) is 0.111. The molecule has 13 heavy (non-hydrogen) atoms. The zero-order chi connectivity index (χ0) is 9.42. The monoisotopic (exact) mass is 197 g/mol. The Balaban J connectivity index is 2.85. The van der Waals surface area contributed by atoms with Crippen molar-refractivity contribution >= 4 is 27.1 Å². The smallest absolute Gasteiger partial charge is 0.139 e. The molecule has 0 radical (unpaired) electrons. The van der Waals surface area contributed by atoms with Crippen LogP contribution in [0.2, 0.25) is 0 Å². The van der Waals surface area contributed by atoms with Crippen molar-refractivity contribution in [1.82, 2.24) is 0 Å². The number of benzene rings is 1. The van der Waals surface area contributed by atoms with E-state index in [-0.39, 0.29) is 12.2 Å². The second-order valence-electron chi connectivity index (χ2n) is 2.75. The summed E-state index contributed by atoms with van der Waals surface area (Å²) in [6.45, 7) is -0.358. The quantitative estimate of drug-likeness (QED) is 0.688. The molecule has 1 heterocycles. The average Bonchev–Trinajstić information content (AvgIpc) is 2.53. The highest BCUT2D eigenvalue weighted by molar-refractivity contribution is 7.17. The summed E-state index contributed by atoms with van der Waals surface area (Å²) in [7, 11) is 0. The summed E-state index contributed by atoms with van der Waals surface area (Å²) in [5, 5.41) is 11.2. The van der Waals surface area contributed by atoms with Gasteiger partial charge in [-0.05, 0) is 17.5 Å². The van der Waals surface area contributed by atoms with Crippen molar-refractivity contribution in [2.75, 3.05) is 5.73 Å². The summed E-state index contributed by atoms with van der Waals surface area (Å²) < 4.78 is 14.3. The highest BCUT2D eigenvalue weighted by atomic mass is 32.1. The lowest BCUT2D eigenvalue weighted by atomic mass is 10.1. The molecule has 2 aromatic rings. The van der Waals surface area contributed by atoms with E-state index in [2.05, 4.69) is 0 Å². The summed E-state index contributed by atoms with van der Waals surface area (Å²) in [5.74, 6) is -0.404. The van der Waals surface area contributed by atoms with E-state index in [0.717, 1.165) is 4.70 Å². The van der Waals surface area contributed by atoms with Crippen molar-refractivity contribution in [2.24, 2.45) is 0 Å². The predicted molar refractivity (Wildman–Crippen MR) is 52.1 cm³/mol. The van der Waals surface area contributed by atoms with Crippen molar-refractivity contribution in [1.29, 1.82) is 0 Å². The molecule has 0 aliphatic carbocycles. The molecule has 4 heteroatoms. The average molecular weight is 197 g/mol. The van der Waals surface area contributed by atoms with Crippen LogP contribution in [-0.2, 0) is 6.61 Å². The maximum Gasteiger partial charge on any atom is 0.139 e. The van der Waals surface area contributed by atoms with E-state index in [9.17, 15) is 4.39 Å². The van der Waals surface area contributed by atoms with Crippen LogP contribution in [0.15, 0.2) is 17.5 Å². The van der Waals surface area contributed by atoms with Gasteiger partial charge in [-0.3, -0.25) is 0 Å². The Morgan fingerprint density at radius 1 is 1.54 bits per heavy atom. The van der Waals surface area contributed by atoms with Crippen LogP contribution >= 0.6 is 11.3 Å². The fourth-order valence-electron chi connectivity index (χ4n) is 1.29. The molecule has 0 spiro atoms. The number of aliphatic hydroxyl groups excluding tert-OH is 1. The van der Waals surface area contributed by atoms with E-state index in [1.54, 1.807) is 17.5 Å². The molecule has 0 saturated heterocycles. The van der Waals surface area contributed by atoms with E-state index in [0.29, 0.717) is 11.1 Å². The minimum Gasteiger partial charge on any atom is -0.398 e. The number of halogens is 1. The second kappa shape index (κ2) is 2.97. The van der Waals surface area contributed by atoms with Gasteiger partial charge in [-0.1, -0.05) is 0 Å². The zero-order valence-electron chi connectivity index (χ0n) is 6.75. The number of hydrogen-bond donors (Lipinski definition) is 2. The first-order chi connectivity index (χ1) is 6.24. The minimum absolute atomic E-state index is 0.186. The number of fused-ring (bicyclic) bond motifs is 1. The topological polar surface area (TPSA) is 46.2 Å². The Bertz CT molecular complexity index is 452. The van der Waals surface area contributed by atoms with Crippen LogP contribution in [0.1, 0.15) is 5.56 Å². The lowest BCUT2D eigenvalue weighted by Crippen LogP contribution is -1.97. The third-order valence-corrected chi connectivity index (χ3v) is 2.85. The third-order valence-electron chi connectivity index (χ3n) is 1.99. The maximum absolute atomic E-state index is 13.5. The Kier molecular flexibility index (Phi) is 1.94. The van der Waals surface area contributed by atoms with Gasteiger partial charge in [-0.2, -0.15) is 0 Å². The number of thiophene rings is 1. The van der Waals surface area contributed by atoms with Crippen molar-refractivity contribution in [3.63, 3.8) is 0 Å². The summed E-state index contributed by atoms with van der Waals surface area (Å²) in [6.07, 6.45) is 0. The molecule has 2 nitrogen and oxygen atoms in total. The molecule has 3 N–H and O–H groups in total. The Morgan fingerprint density at radius 2 is 2.31 bits per heavy atom. The van der Waals surface area contributed by atoms with Gasteiger partial charge in [0.2, 0.25) is 0 Å². The fourth-order valence-corrected chi connectivity index (χ4v) is 2.12. The van der Waals surface area contributed by atoms with Crippen molar-refractivity contribution in [3.8, 4) is 0 Å². The molecule has 0 saturated carbocycles. The number of anilines is 1. The molecular formula is C9H8FNOS. The molecule has 1 aromatic carbocycles. The van der Waals surface area contributed by atoms with Crippen LogP contribution in [0.5, 0.6) is 0 Å².